The summed E-state index contributed by atoms with van der Waals surface area (Å²) in [5.41, 5.74) is 1.22. The molecule has 2 aliphatic heterocycles. The van der Waals surface area contributed by atoms with E-state index in [1.807, 2.05) is 38.1 Å². The van der Waals surface area contributed by atoms with Gasteiger partial charge in [-0.3, -0.25) is 4.90 Å². The number of fused-ring (bicyclic) bond motifs is 1. The summed E-state index contributed by atoms with van der Waals surface area (Å²) in [6.45, 7) is 28.3. The van der Waals surface area contributed by atoms with Gasteiger partial charge in [-0.2, -0.15) is 0 Å². The van der Waals surface area contributed by atoms with Gasteiger partial charge < -0.3 is 37.6 Å². The molecule has 0 radical (unpaired) electrons. The van der Waals surface area contributed by atoms with Crippen molar-refractivity contribution in [1.82, 2.24) is 0 Å². The minimum absolute atomic E-state index is 0.0134. The van der Waals surface area contributed by atoms with E-state index >= 15 is 0 Å². The highest BCUT2D eigenvalue weighted by molar-refractivity contribution is 6.74. The number of ether oxygens (including phenoxy) is 7. The van der Waals surface area contributed by atoms with Gasteiger partial charge in [-0.15, -0.1) is 0 Å². The summed E-state index contributed by atoms with van der Waals surface area (Å²) < 4.78 is 49.0. The second-order valence-electron chi connectivity index (χ2n) is 18.4. The average molecular weight is 808 g/mol. The summed E-state index contributed by atoms with van der Waals surface area (Å²) in [6, 6.07) is 11.0. The number of anilines is 1. The third kappa shape index (κ3) is 12.3. The zero-order chi connectivity index (χ0) is 42.7. The molecule has 0 unspecified atom stereocenters. The third-order valence-corrected chi connectivity index (χ3v) is 14.9. The zero-order valence-electron chi connectivity index (χ0n) is 36.9. The van der Waals surface area contributed by atoms with Gasteiger partial charge in [0.2, 0.25) is 5.79 Å². The lowest BCUT2D eigenvalue weighted by Gasteiger charge is -2.39. The Morgan fingerprint density at radius 2 is 1.61 bits per heavy atom. The summed E-state index contributed by atoms with van der Waals surface area (Å²) in [5, 5.41) is 0.0854. The summed E-state index contributed by atoms with van der Waals surface area (Å²) in [4.78, 5) is 27.8. The highest BCUT2D eigenvalue weighted by Crippen LogP contribution is 2.40. The first-order valence-electron chi connectivity index (χ1n) is 19.7. The molecule has 11 nitrogen and oxygen atoms in total. The number of methoxy groups -OCH3 is 1. The minimum atomic E-state index is -2.00. The lowest BCUT2D eigenvalue weighted by atomic mass is 10.00. The molecule has 314 valence electrons. The van der Waals surface area contributed by atoms with Gasteiger partial charge in [0.05, 0.1) is 19.4 Å². The summed E-state index contributed by atoms with van der Waals surface area (Å²) in [7, 11) is 1.24. The molecule has 0 spiro atoms. The molecule has 1 saturated heterocycles. The molecule has 57 heavy (non-hydrogen) atoms. The number of carbonyl (C=O) groups is 2. The molecular formula is C45H65NO10Si. The molecule has 2 aromatic carbocycles. The van der Waals surface area contributed by atoms with Crippen LogP contribution in [-0.4, -0.2) is 76.1 Å². The maximum absolute atomic E-state index is 13.3. The lowest BCUT2D eigenvalue weighted by molar-refractivity contribution is -0.156. The van der Waals surface area contributed by atoms with Crippen molar-refractivity contribution in [2.24, 2.45) is 5.92 Å². The summed E-state index contributed by atoms with van der Waals surface area (Å²) in [6.07, 6.45) is 2.32. The van der Waals surface area contributed by atoms with E-state index in [2.05, 4.69) is 71.7 Å². The molecule has 4 rings (SSSR count). The third-order valence-electron chi connectivity index (χ3n) is 10.3. The highest BCUT2D eigenvalue weighted by atomic mass is 28.4. The molecule has 2 aromatic rings. The van der Waals surface area contributed by atoms with Gasteiger partial charge in [0.25, 0.3) is 0 Å². The van der Waals surface area contributed by atoms with Crippen LogP contribution in [0.5, 0.6) is 11.5 Å². The van der Waals surface area contributed by atoms with E-state index in [9.17, 15) is 9.59 Å². The Labute approximate surface area is 341 Å². The largest absolute Gasteiger partial charge is 0.497 e. The van der Waals surface area contributed by atoms with Crippen molar-refractivity contribution in [3.05, 3.63) is 65.2 Å². The van der Waals surface area contributed by atoms with Gasteiger partial charge in [-0.1, -0.05) is 63.8 Å². The molecular weight excluding hydrogens is 743 g/mol. The Kier molecular flexibility index (Phi) is 14.1. The molecule has 5 atom stereocenters. The van der Waals surface area contributed by atoms with Gasteiger partial charge in [0, 0.05) is 45.0 Å². The van der Waals surface area contributed by atoms with Crippen LogP contribution in [0.2, 0.25) is 18.1 Å². The molecule has 0 saturated carbocycles. The number of esters is 1. The van der Waals surface area contributed by atoms with E-state index in [0.717, 1.165) is 11.3 Å². The molecule has 2 aliphatic rings. The predicted molar refractivity (Wildman–Crippen MR) is 224 cm³/mol. The molecule has 0 N–H and O–H groups in total. The number of hydrogen-bond acceptors (Lipinski definition) is 10. The number of amides is 1. The summed E-state index contributed by atoms with van der Waals surface area (Å²) in [5.74, 6) is 4.80. The van der Waals surface area contributed by atoms with Gasteiger partial charge in [-0.25, -0.2) is 9.59 Å². The fourth-order valence-electron chi connectivity index (χ4n) is 6.09. The second kappa shape index (κ2) is 17.6. The highest BCUT2D eigenvalue weighted by Gasteiger charge is 2.45. The Morgan fingerprint density at radius 1 is 0.965 bits per heavy atom. The van der Waals surface area contributed by atoms with Crippen LogP contribution in [0, 0.1) is 17.8 Å². The second-order valence-corrected chi connectivity index (χ2v) is 23.1. The fraction of sp³-hybridized carbons (Fsp3) is 0.600. The standard InChI is InChI=1S/C45H65NO10Si/c1-29(30(2)56-57(15,16)43(6,7)8)20-25-35(50-28-31-21-23-34(49-14)24-22-31)39-36(51-44(9,10)53-39)19-17-18-32-26-33(46(13)41(48)55-42(3,4)5)27-37-38(32)40(47)54-45(11,12)52-37/h20-27,29-30,35-36,39H,19,28H2,1-16H3/t29-,30+,35-,36+,39-/m1/s1. The van der Waals surface area contributed by atoms with Crippen molar-refractivity contribution in [3.8, 4) is 23.3 Å². The van der Waals surface area contributed by atoms with Crippen LogP contribution in [-0.2, 0) is 34.7 Å². The lowest BCUT2D eigenvalue weighted by Crippen LogP contribution is -2.44. The predicted octanol–water partition coefficient (Wildman–Crippen LogP) is 9.80. The van der Waals surface area contributed by atoms with Crippen molar-refractivity contribution >= 4 is 26.1 Å². The molecule has 0 aromatic heterocycles. The van der Waals surface area contributed by atoms with Crippen LogP contribution in [0.3, 0.4) is 0 Å². The Morgan fingerprint density at radius 3 is 2.21 bits per heavy atom. The minimum Gasteiger partial charge on any atom is -0.497 e. The van der Waals surface area contributed by atoms with Crippen molar-refractivity contribution < 1.29 is 47.2 Å². The van der Waals surface area contributed by atoms with Crippen LogP contribution < -0.4 is 14.4 Å². The van der Waals surface area contributed by atoms with Crippen molar-refractivity contribution in [2.45, 2.75) is 156 Å². The first-order valence-corrected chi connectivity index (χ1v) is 22.6. The number of carbonyl (C=O) groups excluding carboxylic acids is 2. The van der Waals surface area contributed by atoms with Crippen LogP contribution in [0.4, 0.5) is 10.5 Å². The number of rotatable bonds is 12. The summed E-state index contributed by atoms with van der Waals surface area (Å²) >= 11 is 0. The van der Waals surface area contributed by atoms with E-state index in [4.69, 9.17) is 37.6 Å². The Balaban J connectivity index is 1.67. The zero-order valence-corrected chi connectivity index (χ0v) is 37.9. The van der Waals surface area contributed by atoms with E-state index in [-0.39, 0.29) is 34.8 Å². The number of benzene rings is 2. The molecule has 0 aliphatic carbocycles. The van der Waals surface area contributed by atoms with Gasteiger partial charge in [0.15, 0.2) is 14.1 Å². The smallest absolute Gasteiger partial charge is 0.414 e. The SMILES string of the molecule is COc1ccc(CO[C@H](C=C[C@@H](C)[C@H](C)O[Si](C)(C)C(C)(C)C)[C@H]2OC(C)(C)O[C@H]2CC#Cc2cc(N(C)C(=O)OC(C)(C)C)cc3c2C(=O)OC(C)(C)O3)cc1. The first-order chi connectivity index (χ1) is 26.2. The number of nitrogens with zero attached hydrogens (tertiary/aromatic N) is 1. The van der Waals surface area contributed by atoms with Crippen molar-refractivity contribution in [2.75, 3.05) is 19.1 Å². The van der Waals surface area contributed by atoms with Gasteiger partial charge >= 0.3 is 12.1 Å². The van der Waals surface area contributed by atoms with E-state index < -0.39 is 55.9 Å². The maximum Gasteiger partial charge on any atom is 0.414 e. The molecule has 1 amide bonds. The Hall–Kier alpha value is -3.86. The fourth-order valence-corrected chi connectivity index (χ4v) is 7.59. The Bertz CT molecular complexity index is 1830. The number of hydrogen-bond donors (Lipinski definition) is 0. The monoisotopic (exact) mass is 807 g/mol. The van der Waals surface area contributed by atoms with Crippen LogP contribution in [0.25, 0.3) is 0 Å². The quantitative estimate of drug-likeness (QED) is 0.0890. The van der Waals surface area contributed by atoms with Gasteiger partial charge in [-0.05, 0) is 89.4 Å². The maximum atomic E-state index is 13.3. The molecule has 2 heterocycles. The number of cyclic esters (lactones) is 1. The molecule has 1 fully saturated rings. The van der Waals surface area contributed by atoms with E-state index in [1.54, 1.807) is 60.9 Å². The van der Waals surface area contributed by atoms with E-state index in [0.29, 0.717) is 17.9 Å². The topological polar surface area (TPSA) is 111 Å². The van der Waals surface area contributed by atoms with E-state index in [1.165, 1.54) is 4.90 Å². The van der Waals surface area contributed by atoms with Crippen LogP contribution in [0.15, 0.2) is 48.6 Å². The van der Waals surface area contributed by atoms with Gasteiger partial charge in [0.1, 0.15) is 41.0 Å². The van der Waals surface area contributed by atoms with Crippen LogP contribution >= 0.6 is 0 Å². The van der Waals surface area contributed by atoms with Crippen molar-refractivity contribution in [1.29, 1.82) is 0 Å². The molecule has 0 bridgehead atoms. The first kappa shape index (κ1) is 45.8. The average Bonchev–Trinajstić information content (AvgIpc) is 3.39. The van der Waals surface area contributed by atoms with Crippen molar-refractivity contribution in [3.63, 3.8) is 0 Å². The molecule has 12 heteroatoms. The normalized spacial score (nSPS) is 20.7. The van der Waals surface area contributed by atoms with Crippen LogP contribution in [0.1, 0.15) is 111 Å².